The summed E-state index contributed by atoms with van der Waals surface area (Å²) in [6, 6.07) is 80.6. The van der Waals surface area contributed by atoms with E-state index in [0.717, 1.165) is 99.1 Å². The lowest BCUT2D eigenvalue weighted by molar-refractivity contribution is 0.667. The van der Waals surface area contributed by atoms with Gasteiger partial charge in [-0.3, -0.25) is 0 Å². The number of aromatic nitrogens is 4. The van der Waals surface area contributed by atoms with Crippen molar-refractivity contribution >= 4 is 53.7 Å². The molecule has 0 saturated heterocycles. The zero-order valence-electron chi connectivity index (χ0n) is 36.5. The predicted molar refractivity (Wildman–Crippen MR) is 281 cm³/mol. The van der Waals surface area contributed by atoms with Gasteiger partial charge in [0.05, 0.1) is 15.9 Å². The van der Waals surface area contributed by atoms with Crippen molar-refractivity contribution in [2.45, 2.75) is 0 Å². The molecular weight excluding hydrogens is 849 g/mol. The van der Waals surface area contributed by atoms with Gasteiger partial charge >= 0.3 is 0 Å². The van der Waals surface area contributed by atoms with Crippen molar-refractivity contribution in [3.05, 3.63) is 231 Å². The SMILES string of the molecule is c1ccc(-c2ccc(-c3nc(-c4cccc(-c5cccc(-c6cccc(-c7nc(-c8ccc(-c9ccccc9)cc8)c8oc9ccccc9c8n7)c6)c5)c4)c4sc5ccccc5c4n3)cc2)cc1. The molecule has 0 N–H and O–H groups in total. The maximum absolute atomic E-state index is 6.48. The molecule has 6 heteroatoms. The second kappa shape index (κ2) is 16.5. The summed E-state index contributed by atoms with van der Waals surface area (Å²) in [5.41, 5.74) is 17.9. The Balaban J connectivity index is 0.869. The summed E-state index contributed by atoms with van der Waals surface area (Å²) in [4.78, 5) is 21.0. The van der Waals surface area contributed by atoms with Crippen LogP contribution in [0.25, 0.3) is 132 Å². The van der Waals surface area contributed by atoms with Crippen LogP contribution in [0.3, 0.4) is 0 Å². The van der Waals surface area contributed by atoms with E-state index in [1.165, 1.54) is 15.8 Å². The minimum atomic E-state index is 0.640. The highest BCUT2D eigenvalue weighted by molar-refractivity contribution is 7.26. The zero-order valence-corrected chi connectivity index (χ0v) is 37.4. The van der Waals surface area contributed by atoms with Crippen molar-refractivity contribution in [3.63, 3.8) is 0 Å². The molecule has 0 spiro atoms. The summed E-state index contributed by atoms with van der Waals surface area (Å²) < 4.78 is 8.75. The molecule has 68 heavy (non-hydrogen) atoms. The molecule has 4 heterocycles. The number of thiophene rings is 1. The van der Waals surface area contributed by atoms with Crippen molar-refractivity contribution in [2.75, 3.05) is 0 Å². The van der Waals surface area contributed by atoms with Crippen molar-refractivity contribution in [1.82, 2.24) is 19.9 Å². The molecule has 0 saturated carbocycles. The molecule has 0 amide bonds. The summed E-state index contributed by atoms with van der Waals surface area (Å²) in [5, 5.41) is 2.10. The van der Waals surface area contributed by atoms with Gasteiger partial charge < -0.3 is 4.42 Å². The van der Waals surface area contributed by atoms with E-state index in [0.29, 0.717) is 17.2 Å². The van der Waals surface area contributed by atoms with Crippen LogP contribution in [0.5, 0.6) is 0 Å². The number of furan rings is 1. The van der Waals surface area contributed by atoms with Gasteiger partial charge in [0.15, 0.2) is 17.2 Å². The van der Waals surface area contributed by atoms with Crippen LogP contribution in [0.1, 0.15) is 0 Å². The van der Waals surface area contributed by atoms with Gasteiger partial charge in [-0.05, 0) is 80.9 Å². The molecule has 0 fully saturated rings. The highest BCUT2D eigenvalue weighted by Crippen LogP contribution is 2.41. The molecular formula is C62H38N4OS. The molecule has 0 aliphatic carbocycles. The first-order valence-electron chi connectivity index (χ1n) is 22.7. The molecule has 5 nitrogen and oxygen atoms in total. The average Bonchev–Trinajstić information content (AvgIpc) is 4.00. The molecule has 4 aromatic heterocycles. The lowest BCUT2D eigenvalue weighted by Gasteiger charge is -2.11. The first-order chi connectivity index (χ1) is 33.7. The molecule has 318 valence electrons. The Morgan fingerprint density at radius 1 is 0.294 bits per heavy atom. The highest BCUT2D eigenvalue weighted by Gasteiger charge is 2.20. The Morgan fingerprint density at radius 3 is 1.40 bits per heavy atom. The summed E-state index contributed by atoms with van der Waals surface area (Å²) in [7, 11) is 0. The van der Waals surface area contributed by atoms with Gasteiger partial charge in [-0.15, -0.1) is 11.3 Å². The molecule has 0 radical (unpaired) electrons. The minimum absolute atomic E-state index is 0.640. The van der Waals surface area contributed by atoms with Gasteiger partial charge in [0, 0.05) is 37.7 Å². The largest absolute Gasteiger partial charge is 0.452 e. The van der Waals surface area contributed by atoms with Crippen molar-refractivity contribution in [1.29, 1.82) is 0 Å². The molecule has 0 bridgehead atoms. The van der Waals surface area contributed by atoms with Crippen molar-refractivity contribution in [2.24, 2.45) is 0 Å². The number of nitrogens with zero attached hydrogens (tertiary/aromatic N) is 4. The van der Waals surface area contributed by atoms with Crippen LogP contribution in [0.2, 0.25) is 0 Å². The molecule has 0 aliphatic heterocycles. The van der Waals surface area contributed by atoms with Gasteiger partial charge in [-0.1, -0.05) is 194 Å². The number of rotatable bonds is 8. The number of benzene rings is 9. The average molecular weight is 887 g/mol. The maximum Gasteiger partial charge on any atom is 0.180 e. The third-order valence-corrected chi connectivity index (χ3v) is 13.9. The first kappa shape index (κ1) is 39.5. The van der Waals surface area contributed by atoms with Crippen LogP contribution in [0.15, 0.2) is 235 Å². The molecule has 0 aliphatic rings. The van der Waals surface area contributed by atoms with Crippen LogP contribution >= 0.6 is 11.3 Å². The van der Waals surface area contributed by atoms with E-state index in [9.17, 15) is 0 Å². The van der Waals surface area contributed by atoms with Crippen molar-refractivity contribution in [3.8, 4) is 89.8 Å². The van der Waals surface area contributed by atoms with E-state index in [1.807, 2.05) is 30.3 Å². The summed E-state index contributed by atoms with van der Waals surface area (Å²) >= 11 is 1.75. The van der Waals surface area contributed by atoms with E-state index < -0.39 is 0 Å². The van der Waals surface area contributed by atoms with Crippen LogP contribution < -0.4 is 0 Å². The normalized spacial score (nSPS) is 11.5. The van der Waals surface area contributed by atoms with E-state index in [4.69, 9.17) is 24.4 Å². The van der Waals surface area contributed by atoms with Gasteiger partial charge in [0.2, 0.25) is 0 Å². The summed E-state index contributed by atoms with van der Waals surface area (Å²) in [5.74, 6) is 1.35. The Hall–Kier alpha value is -8.84. The number of hydrogen-bond donors (Lipinski definition) is 0. The second-order valence-corrected chi connectivity index (χ2v) is 18.0. The quantitative estimate of drug-likeness (QED) is 0.152. The van der Waals surface area contributed by atoms with Gasteiger partial charge in [-0.25, -0.2) is 19.9 Å². The summed E-state index contributed by atoms with van der Waals surface area (Å²) in [6.07, 6.45) is 0. The van der Waals surface area contributed by atoms with Crippen molar-refractivity contribution < 1.29 is 4.42 Å². The van der Waals surface area contributed by atoms with Gasteiger partial charge in [-0.2, -0.15) is 0 Å². The first-order valence-corrected chi connectivity index (χ1v) is 23.5. The predicted octanol–water partition coefficient (Wildman–Crippen LogP) is 16.9. The number of para-hydroxylation sites is 1. The third-order valence-electron chi connectivity index (χ3n) is 12.7. The van der Waals surface area contributed by atoms with Gasteiger partial charge in [0.25, 0.3) is 0 Å². The Labute approximate surface area is 396 Å². The van der Waals surface area contributed by atoms with E-state index in [1.54, 1.807) is 11.3 Å². The van der Waals surface area contributed by atoms with E-state index in [-0.39, 0.29) is 0 Å². The van der Waals surface area contributed by atoms with Crippen LogP contribution in [0.4, 0.5) is 0 Å². The Morgan fingerprint density at radius 2 is 0.735 bits per heavy atom. The Bertz CT molecular complexity index is 4010. The maximum atomic E-state index is 6.48. The highest BCUT2D eigenvalue weighted by atomic mass is 32.1. The second-order valence-electron chi connectivity index (χ2n) is 17.0. The topological polar surface area (TPSA) is 64.7 Å². The molecule has 0 unspecified atom stereocenters. The van der Waals surface area contributed by atoms with Crippen LogP contribution in [-0.2, 0) is 0 Å². The molecule has 0 atom stereocenters. The fourth-order valence-electron chi connectivity index (χ4n) is 9.29. The fraction of sp³-hybridized carbons (Fsp3) is 0. The van der Waals surface area contributed by atoms with E-state index >= 15 is 0 Å². The fourth-order valence-corrected chi connectivity index (χ4v) is 10.4. The molecule has 9 aromatic carbocycles. The van der Waals surface area contributed by atoms with Gasteiger partial charge in [0.1, 0.15) is 16.8 Å². The molecule has 13 rings (SSSR count). The lowest BCUT2D eigenvalue weighted by Crippen LogP contribution is -1.94. The number of hydrogen-bond acceptors (Lipinski definition) is 6. The molecule has 13 aromatic rings. The third kappa shape index (κ3) is 7.12. The van der Waals surface area contributed by atoms with Crippen LogP contribution in [0, 0.1) is 0 Å². The smallest absolute Gasteiger partial charge is 0.180 e. The van der Waals surface area contributed by atoms with E-state index in [2.05, 4.69) is 200 Å². The number of fused-ring (bicyclic) bond motifs is 6. The monoisotopic (exact) mass is 886 g/mol. The van der Waals surface area contributed by atoms with Crippen LogP contribution in [-0.4, -0.2) is 19.9 Å². The Kier molecular flexibility index (Phi) is 9.62. The standard InChI is InChI=1S/C62H38N4OS/c1-3-14-39(15-4-1)41-28-32-43(33-29-41)55-59-57(51-24-7-9-26-53(51)67-59)65-62(63-55)50-23-13-21-48(38-50)46-19-11-18-45(36-46)47-20-12-22-49(37-47)56-60-58(52-25-8-10-27-54(52)68-60)66-61(64-56)44-34-30-42(31-35-44)40-16-5-2-6-17-40/h1-38H. The minimum Gasteiger partial charge on any atom is -0.452 e. The lowest BCUT2D eigenvalue weighted by atomic mass is 9.96. The zero-order chi connectivity index (χ0) is 45.0. The summed E-state index contributed by atoms with van der Waals surface area (Å²) in [6.45, 7) is 0.